The molecule has 3 aliphatic rings. The molecule has 2 atom stereocenters. The number of nitrogens with zero attached hydrogens (tertiary/aromatic N) is 3. The third kappa shape index (κ3) is 6.52. The van der Waals surface area contributed by atoms with Gasteiger partial charge in [0.05, 0.1) is 19.3 Å². The molecule has 0 radical (unpaired) electrons. The molecule has 2 heterocycles. The van der Waals surface area contributed by atoms with Crippen molar-refractivity contribution in [1.82, 2.24) is 20.4 Å². The Balaban J connectivity index is 0.00000225. The first-order valence-electron chi connectivity index (χ1n) is 9.83. The molecule has 3 rings (SSSR count). The summed E-state index contributed by atoms with van der Waals surface area (Å²) in [5.41, 5.74) is 0. The van der Waals surface area contributed by atoms with E-state index < -0.39 is 0 Å². The van der Waals surface area contributed by atoms with Gasteiger partial charge in [-0.25, -0.2) is 0 Å². The standard InChI is InChI=1S/C18H35N5O.HI/c1-3-19-18(20-12-17-14-22(2)10-11-24-17)21-15-8-9-23(13-15)16-6-4-5-7-16;/h15-17H,3-14H2,1-2H3,(H2,19,20,21);1H. The van der Waals surface area contributed by atoms with Crippen LogP contribution in [-0.2, 0) is 4.74 Å². The highest BCUT2D eigenvalue weighted by atomic mass is 127. The number of morpholine rings is 1. The summed E-state index contributed by atoms with van der Waals surface area (Å²) in [5, 5.41) is 7.05. The van der Waals surface area contributed by atoms with Crippen molar-refractivity contribution in [2.45, 2.75) is 57.2 Å². The highest BCUT2D eigenvalue weighted by molar-refractivity contribution is 14.0. The SMILES string of the molecule is CCNC(=NCC1CN(C)CCO1)NC1CCN(C2CCCC2)C1.I. The van der Waals surface area contributed by atoms with E-state index in [2.05, 4.69) is 34.4 Å². The maximum Gasteiger partial charge on any atom is 0.191 e. The molecule has 0 bridgehead atoms. The molecular weight excluding hydrogens is 429 g/mol. The third-order valence-electron chi connectivity index (χ3n) is 5.54. The van der Waals surface area contributed by atoms with Crippen LogP contribution in [0.4, 0.5) is 0 Å². The van der Waals surface area contributed by atoms with Gasteiger partial charge in [0.1, 0.15) is 0 Å². The van der Waals surface area contributed by atoms with E-state index >= 15 is 0 Å². The smallest absolute Gasteiger partial charge is 0.191 e. The van der Waals surface area contributed by atoms with Crippen molar-refractivity contribution in [3.05, 3.63) is 0 Å². The number of guanidine groups is 1. The summed E-state index contributed by atoms with van der Waals surface area (Å²) < 4.78 is 5.82. The average molecular weight is 465 g/mol. The molecule has 1 saturated carbocycles. The predicted octanol–water partition coefficient (Wildman–Crippen LogP) is 1.51. The van der Waals surface area contributed by atoms with Gasteiger partial charge in [0.2, 0.25) is 0 Å². The Labute approximate surface area is 170 Å². The lowest BCUT2D eigenvalue weighted by Crippen LogP contribution is -2.46. The number of aliphatic imine (C=N–C) groups is 1. The highest BCUT2D eigenvalue weighted by Crippen LogP contribution is 2.26. The van der Waals surface area contributed by atoms with Gasteiger partial charge in [0.25, 0.3) is 0 Å². The van der Waals surface area contributed by atoms with Gasteiger partial charge in [-0.15, -0.1) is 24.0 Å². The molecule has 0 aromatic carbocycles. The fraction of sp³-hybridized carbons (Fsp3) is 0.944. The number of likely N-dealkylation sites (N-methyl/N-ethyl adjacent to an activating group) is 1. The first-order chi connectivity index (χ1) is 11.7. The van der Waals surface area contributed by atoms with Crippen LogP contribution < -0.4 is 10.6 Å². The second-order valence-electron chi connectivity index (χ2n) is 7.54. The fourth-order valence-electron chi connectivity index (χ4n) is 4.19. The Morgan fingerprint density at radius 3 is 2.68 bits per heavy atom. The summed E-state index contributed by atoms with van der Waals surface area (Å²) in [4.78, 5) is 9.79. The Morgan fingerprint density at radius 2 is 1.96 bits per heavy atom. The minimum absolute atomic E-state index is 0. The number of ether oxygens (including phenoxy) is 1. The lowest BCUT2D eigenvalue weighted by Gasteiger charge is -2.29. The highest BCUT2D eigenvalue weighted by Gasteiger charge is 2.30. The number of halogens is 1. The minimum Gasteiger partial charge on any atom is -0.374 e. The second-order valence-corrected chi connectivity index (χ2v) is 7.54. The van der Waals surface area contributed by atoms with E-state index in [1.807, 2.05) is 0 Å². The van der Waals surface area contributed by atoms with Crippen LogP contribution in [0.2, 0.25) is 0 Å². The monoisotopic (exact) mass is 465 g/mol. The van der Waals surface area contributed by atoms with Crippen molar-refractivity contribution in [2.75, 3.05) is 52.9 Å². The molecule has 0 aromatic heterocycles. The number of rotatable bonds is 5. The third-order valence-corrected chi connectivity index (χ3v) is 5.54. The zero-order valence-electron chi connectivity index (χ0n) is 15.9. The maximum atomic E-state index is 5.82. The number of likely N-dealkylation sites (tertiary alicyclic amines) is 1. The van der Waals surface area contributed by atoms with E-state index in [4.69, 9.17) is 9.73 Å². The molecule has 25 heavy (non-hydrogen) atoms. The molecule has 146 valence electrons. The fourth-order valence-corrected chi connectivity index (χ4v) is 4.19. The summed E-state index contributed by atoms with van der Waals surface area (Å²) in [7, 11) is 2.15. The van der Waals surface area contributed by atoms with E-state index in [9.17, 15) is 0 Å². The normalized spacial score (nSPS) is 29.6. The van der Waals surface area contributed by atoms with E-state index in [0.29, 0.717) is 6.04 Å². The molecule has 3 fully saturated rings. The van der Waals surface area contributed by atoms with Gasteiger partial charge in [0.15, 0.2) is 5.96 Å². The molecule has 1 aliphatic carbocycles. The summed E-state index contributed by atoms with van der Waals surface area (Å²) in [5.74, 6) is 0.951. The quantitative estimate of drug-likeness (QED) is 0.366. The summed E-state index contributed by atoms with van der Waals surface area (Å²) >= 11 is 0. The summed E-state index contributed by atoms with van der Waals surface area (Å²) in [6, 6.07) is 1.36. The lowest BCUT2D eigenvalue weighted by molar-refractivity contribution is -0.0136. The van der Waals surface area contributed by atoms with Crippen LogP contribution in [0.5, 0.6) is 0 Å². The van der Waals surface area contributed by atoms with Crippen LogP contribution in [-0.4, -0.2) is 86.9 Å². The zero-order valence-corrected chi connectivity index (χ0v) is 18.2. The van der Waals surface area contributed by atoms with Crippen molar-refractivity contribution < 1.29 is 4.74 Å². The molecule has 0 amide bonds. The van der Waals surface area contributed by atoms with Gasteiger partial charge in [0, 0.05) is 44.8 Å². The molecule has 7 heteroatoms. The van der Waals surface area contributed by atoms with Crippen LogP contribution >= 0.6 is 24.0 Å². The van der Waals surface area contributed by atoms with Crippen molar-refractivity contribution in [2.24, 2.45) is 4.99 Å². The topological polar surface area (TPSA) is 52.1 Å². The molecule has 6 nitrogen and oxygen atoms in total. The zero-order chi connectivity index (χ0) is 16.8. The Morgan fingerprint density at radius 1 is 1.16 bits per heavy atom. The Kier molecular flexibility index (Phi) is 9.23. The Bertz CT molecular complexity index is 416. The molecule has 2 unspecified atom stereocenters. The van der Waals surface area contributed by atoms with E-state index in [1.165, 1.54) is 38.6 Å². The average Bonchev–Trinajstić information content (AvgIpc) is 3.24. The van der Waals surface area contributed by atoms with Crippen molar-refractivity contribution in [3.8, 4) is 0 Å². The number of hydrogen-bond acceptors (Lipinski definition) is 4. The van der Waals surface area contributed by atoms with E-state index in [1.54, 1.807) is 0 Å². The van der Waals surface area contributed by atoms with Crippen molar-refractivity contribution >= 4 is 29.9 Å². The van der Waals surface area contributed by atoms with Gasteiger partial charge in [-0.2, -0.15) is 0 Å². The number of hydrogen-bond donors (Lipinski definition) is 2. The predicted molar refractivity (Wildman–Crippen MR) is 114 cm³/mol. The van der Waals surface area contributed by atoms with Crippen LogP contribution in [0, 0.1) is 0 Å². The molecular formula is C18H36IN5O. The van der Waals surface area contributed by atoms with Gasteiger partial charge < -0.3 is 20.3 Å². The summed E-state index contributed by atoms with van der Waals surface area (Å²) in [6.45, 7) is 8.98. The van der Waals surface area contributed by atoms with E-state index in [0.717, 1.165) is 51.3 Å². The second kappa shape index (κ2) is 10.9. The molecule has 2 N–H and O–H groups in total. The largest absolute Gasteiger partial charge is 0.374 e. The molecule has 0 aromatic rings. The first kappa shape index (κ1) is 21.2. The van der Waals surface area contributed by atoms with E-state index in [-0.39, 0.29) is 30.1 Å². The molecule has 2 aliphatic heterocycles. The van der Waals surface area contributed by atoms with Crippen LogP contribution in [0.15, 0.2) is 4.99 Å². The maximum absolute atomic E-state index is 5.82. The van der Waals surface area contributed by atoms with Gasteiger partial charge in [-0.3, -0.25) is 9.89 Å². The van der Waals surface area contributed by atoms with Gasteiger partial charge >= 0.3 is 0 Å². The Hall–Kier alpha value is -0.120. The van der Waals surface area contributed by atoms with Crippen molar-refractivity contribution in [1.29, 1.82) is 0 Å². The van der Waals surface area contributed by atoms with Crippen LogP contribution in [0.3, 0.4) is 0 Å². The molecule has 2 saturated heterocycles. The van der Waals surface area contributed by atoms with Gasteiger partial charge in [-0.1, -0.05) is 12.8 Å². The van der Waals surface area contributed by atoms with Gasteiger partial charge in [-0.05, 0) is 33.2 Å². The van der Waals surface area contributed by atoms with Crippen molar-refractivity contribution in [3.63, 3.8) is 0 Å². The first-order valence-corrected chi connectivity index (χ1v) is 9.83. The number of nitrogens with one attached hydrogen (secondary N) is 2. The molecule has 0 spiro atoms. The summed E-state index contributed by atoms with van der Waals surface area (Å²) in [6.07, 6.45) is 7.07. The lowest BCUT2D eigenvalue weighted by atomic mass is 10.2. The van der Waals surface area contributed by atoms with Crippen LogP contribution in [0.1, 0.15) is 39.0 Å². The van der Waals surface area contributed by atoms with Crippen LogP contribution in [0.25, 0.3) is 0 Å². The minimum atomic E-state index is 0.